The third-order valence-electron chi connectivity index (χ3n) is 3.89. The van der Waals surface area contributed by atoms with Crippen LogP contribution in [0.15, 0.2) is 0 Å². The summed E-state index contributed by atoms with van der Waals surface area (Å²) in [6.45, 7) is 5.18. The van der Waals surface area contributed by atoms with E-state index in [0.29, 0.717) is 6.42 Å². The van der Waals surface area contributed by atoms with Crippen molar-refractivity contribution >= 4 is 5.91 Å². The number of hydrogen-bond acceptors (Lipinski definition) is 2. The second kappa shape index (κ2) is 7.70. The summed E-state index contributed by atoms with van der Waals surface area (Å²) in [4.78, 5) is 11.5. The molecule has 0 spiro atoms. The number of nitrogens with two attached hydrogens (primary N) is 1. The first-order valence-electron chi connectivity index (χ1n) is 7.14. The molecule has 0 aromatic rings. The summed E-state index contributed by atoms with van der Waals surface area (Å²) in [5.41, 5.74) is 5.75. The lowest BCUT2D eigenvalue weighted by Crippen LogP contribution is -2.32. The first-order chi connectivity index (χ1) is 8.11. The molecule has 3 unspecified atom stereocenters. The maximum absolute atomic E-state index is 11.5. The molecule has 3 N–H and O–H groups in total. The summed E-state index contributed by atoms with van der Waals surface area (Å²) in [6.07, 6.45) is 7.90. The topological polar surface area (TPSA) is 55.1 Å². The Balaban J connectivity index is 2.08. The van der Waals surface area contributed by atoms with Crippen LogP contribution < -0.4 is 11.1 Å². The van der Waals surface area contributed by atoms with Crippen molar-refractivity contribution in [1.82, 2.24) is 5.32 Å². The summed E-state index contributed by atoms with van der Waals surface area (Å²) in [7, 11) is 0. The Labute approximate surface area is 106 Å². The highest BCUT2D eigenvalue weighted by atomic mass is 16.1. The molecule has 3 nitrogen and oxygen atoms in total. The molecule has 17 heavy (non-hydrogen) atoms. The highest BCUT2D eigenvalue weighted by Crippen LogP contribution is 2.30. The number of carbonyl (C=O) groups is 1. The summed E-state index contributed by atoms with van der Waals surface area (Å²) >= 11 is 0. The monoisotopic (exact) mass is 240 g/mol. The first-order valence-corrected chi connectivity index (χ1v) is 7.14. The van der Waals surface area contributed by atoms with Gasteiger partial charge in [-0.2, -0.15) is 0 Å². The van der Waals surface area contributed by atoms with Gasteiger partial charge in [0.25, 0.3) is 0 Å². The molecule has 3 atom stereocenters. The molecule has 0 heterocycles. The Morgan fingerprint density at radius 1 is 1.47 bits per heavy atom. The smallest absolute Gasteiger partial charge is 0.221 e. The number of hydrogen-bond donors (Lipinski definition) is 2. The Hall–Kier alpha value is -0.570. The van der Waals surface area contributed by atoms with Crippen LogP contribution in [-0.2, 0) is 4.79 Å². The molecule has 3 heteroatoms. The van der Waals surface area contributed by atoms with Crippen LogP contribution in [0.25, 0.3) is 0 Å². The zero-order chi connectivity index (χ0) is 12.7. The summed E-state index contributed by atoms with van der Waals surface area (Å²) in [6, 6.07) is 0.0182. The number of amides is 1. The van der Waals surface area contributed by atoms with Crippen LogP contribution in [0.4, 0.5) is 0 Å². The minimum Gasteiger partial charge on any atom is -0.356 e. The SMILES string of the molecule is CCC(N)CC(=O)NCCC1CCCC(C)C1. The maximum atomic E-state index is 11.5. The number of carbonyl (C=O) groups excluding carboxylic acids is 1. The average molecular weight is 240 g/mol. The molecule has 1 aliphatic rings. The molecule has 100 valence electrons. The summed E-state index contributed by atoms with van der Waals surface area (Å²) in [5, 5.41) is 2.99. The second-order valence-corrected chi connectivity index (χ2v) is 5.65. The number of rotatable bonds is 6. The van der Waals surface area contributed by atoms with Gasteiger partial charge in [0.05, 0.1) is 0 Å². The molecule has 1 amide bonds. The normalized spacial score (nSPS) is 26.5. The predicted molar refractivity (Wildman–Crippen MR) is 71.6 cm³/mol. The van der Waals surface area contributed by atoms with Gasteiger partial charge in [-0.15, -0.1) is 0 Å². The maximum Gasteiger partial charge on any atom is 0.221 e. The second-order valence-electron chi connectivity index (χ2n) is 5.65. The van der Waals surface area contributed by atoms with E-state index in [2.05, 4.69) is 12.2 Å². The van der Waals surface area contributed by atoms with Gasteiger partial charge in [0, 0.05) is 19.0 Å². The fourth-order valence-electron chi connectivity index (χ4n) is 2.69. The lowest BCUT2D eigenvalue weighted by atomic mass is 9.81. The molecule has 1 aliphatic carbocycles. The van der Waals surface area contributed by atoms with Crippen LogP contribution in [0.2, 0.25) is 0 Å². The van der Waals surface area contributed by atoms with Gasteiger partial charge in [0.2, 0.25) is 5.91 Å². The standard InChI is InChI=1S/C14H28N2O/c1-3-13(15)10-14(17)16-8-7-12-6-4-5-11(2)9-12/h11-13H,3-10,15H2,1-2H3,(H,16,17). The van der Waals surface area contributed by atoms with E-state index in [1.54, 1.807) is 0 Å². The van der Waals surface area contributed by atoms with Crippen molar-refractivity contribution in [2.75, 3.05) is 6.54 Å². The highest BCUT2D eigenvalue weighted by Gasteiger charge is 2.18. The van der Waals surface area contributed by atoms with Crippen molar-refractivity contribution in [2.45, 2.75) is 64.8 Å². The van der Waals surface area contributed by atoms with Crippen LogP contribution in [0.5, 0.6) is 0 Å². The van der Waals surface area contributed by atoms with Gasteiger partial charge in [0.1, 0.15) is 0 Å². The molecule has 0 aliphatic heterocycles. The van der Waals surface area contributed by atoms with E-state index in [-0.39, 0.29) is 11.9 Å². The van der Waals surface area contributed by atoms with Crippen LogP contribution >= 0.6 is 0 Å². The highest BCUT2D eigenvalue weighted by molar-refractivity contribution is 5.76. The van der Waals surface area contributed by atoms with Crippen LogP contribution in [-0.4, -0.2) is 18.5 Å². The molecule has 0 aromatic carbocycles. The van der Waals surface area contributed by atoms with Crippen molar-refractivity contribution < 1.29 is 4.79 Å². The van der Waals surface area contributed by atoms with Crippen molar-refractivity contribution in [3.8, 4) is 0 Å². The lowest BCUT2D eigenvalue weighted by Gasteiger charge is -2.26. The van der Waals surface area contributed by atoms with E-state index in [1.807, 2.05) is 6.92 Å². The van der Waals surface area contributed by atoms with Gasteiger partial charge >= 0.3 is 0 Å². The van der Waals surface area contributed by atoms with E-state index in [0.717, 1.165) is 31.2 Å². The van der Waals surface area contributed by atoms with Crippen LogP contribution in [0, 0.1) is 11.8 Å². The molecular formula is C14H28N2O. The minimum absolute atomic E-state index is 0.0182. The quantitative estimate of drug-likeness (QED) is 0.749. The van der Waals surface area contributed by atoms with Crippen LogP contribution in [0.1, 0.15) is 58.8 Å². The summed E-state index contributed by atoms with van der Waals surface area (Å²) in [5.74, 6) is 1.81. The molecule has 0 radical (unpaired) electrons. The van der Waals surface area contributed by atoms with Crippen molar-refractivity contribution in [3.63, 3.8) is 0 Å². The third kappa shape index (κ3) is 6.06. The molecule has 1 fully saturated rings. The zero-order valence-electron chi connectivity index (χ0n) is 11.4. The van der Waals surface area contributed by atoms with Crippen molar-refractivity contribution in [1.29, 1.82) is 0 Å². The molecule has 1 saturated carbocycles. The van der Waals surface area contributed by atoms with E-state index >= 15 is 0 Å². The third-order valence-corrected chi connectivity index (χ3v) is 3.89. The predicted octanol–water partition coefficient (Wildman–Crippen LogP) is 2.45. The van der Waals surface area contributed by atoms with Crippen LogP contribution in [0.3, 0.4) is 0 Å². The van der Waals surface area contributed by atoms with Gasteiger partial charge < -0.3 is 11.1 Å². The molecule has 0 bridgehead atoms. The van der Waals surface area contributed by atoms with Crippen molar-refractivity contribution in [2.24, 2.45) is 17.6 Å². The Kier molecular flexibility index (Phi) is 6.56. The molecule has 1 rings (SSSR count). The fourth-order valence-corrected chi connectivity index (χ4v) is 2.69. The number of nitrogens with one attached hydrogen (secondary N) is 1. The zero-order valence-corrected chi connectivity index (χ0v) is 11.4. The lowest BCUT2D eigenvalue weighted by molar-refractivity contribution is -0.121. The van der Waals surface area contributed by atoms with Gasteiger partial charge in [-0.25, -0.2) is 0 Å². The van der Waals surface area contributed by atoms with Gasteiger partial charge in [0.15, 0.2) is 0 Å². The first kappa shape index (κ1) is 14.5. The Morgan fingerprint density at radius 3 is 2.88 bits per heavy atom. The van der Waals surface area contributed by atoms with Gasteiger partial charge in [-0.1, -0.05) is 33.1 Å². The van der Waals surface area contributed by atoms with E-state index in [9.17, 15) is 4.79 Å². The average Bonchev–Trinajstić information content (AvgIpc) is 2.29. The fraction of sp³-hybridized carbons (Fsp3) is 0.929. The molecular weight excluding hydrogens is 212 g/mol. The Bertz CT molecular complexity index is 230. The largest absolute Gasteiger partial charge is 0.356 e. The van der Waals surface area contributed by atoms with Gasteiger partial charge in [-0.05, 0) is 31.1 Å². The van der Waals surface area contributed by atoms with E-state index in [4.69, 9.17) is 5.73 Å². The molecule has 0 saturated heterocycles. The molecule has 0 aromatic heterocycles. The van der Waals surface area contributed by atoms with Crippen molar-refractivity contribution in [3.05, 3.63) is 0 Å². The summed E-state index contributed by atoms with van der Waals surface area (Å²) < 4.78 is 0. The minimum atomic E-state index is 0.0182. The van der Waals surface area contributed by atoms with Gasteiger partial charge in [-0.3, -0.25) is 4.79 Å². The van der Waals surface area contributed by atoms with E-state index in [1.165, 1.54) is 25.7 Å². The Morgan fingerprint density at radius 2 is 2.24 bits per heavy atom. The van der Waals surface area contributed by atoms with E-state index < -0.39 is 0 Å².